The molecular formula is C15H27N3O. The SMILES string of the molecule is Cc1c(CNCC2(CCO)CCCCC2)cnn1C. The molecule has 1 saturated carbocycles. The van der Waals surface area contributed by atoms with Crippen molar-refractivity contribution < 1.29 is 5.11 Å². The predicted molar refractivity (Wildman–Crippen MR) is 76.9 cm³/mol. The lowest BCUT2D eigenvalue weighted by Gasteiger charge is -2.37. The number of aliphatic hydroxyl groups excluding tert-OH is 1. The molecule has 0 aromatic carbocycles. The van der Waals surface area contributed by atoms with Crippen LogP contribution < -0.4 is 5.32 Å². The molecule has 2 N–H and O–H groups in total. The highest BCUT2D eigenvalue weighted by Gasteiger charge is 2.30. The second kappa shape index (κ2) is 6.53. The van der Waals surface area contributed by atoms with E-state index in [0.29, 0.717) is 12.0 Å². The molecule has 1 aliphatic carbocycles. The largest absolute Gasteiger partial charge is 0.396 e. The van der Waals surface area contributed by atoms with Gasteiger partial charge in [0.05, 0.1) is 6.20 Å². The zero-order valence-electron chi connectivity index (χ0n) is 12.3. The van der Waals surface area contributed by atoms with E-state index in [2.05, 4.69) is 17.3 Å². The van der Waals surface area contributed by atoms with Crippen LogP contribution in [0.5, 0.6) is 0 Å². The van der Waals surface area contributed by atoms with Crippen molar-refractivity contribution >= 4 is 0 Å². The fourth-order valence-corrected chi connectivity index (χ4v) is 3.23. The normalized spacial score (nSPS) is 18.7. The molecule has 0 atom stereocenters. The summed E-state index contributed by atoms with van der Waals surface area (Å²) in [6.07, 6.45) is 9.38. The molecule has 4 heteroatoms. The predicted octanol–water partition coefficient (Wildman–Crippen LogP) is 2.15. The van der Waals surface area contributed by atoms with E-state index < -0.39 is 0 Å². The number of nitrogens with one attached hydrogen (secondary N) is 1. The summed E-state index contributed by atoms with van der Waals surface area (Å²) in [4.78, 5) is 0. The van der Waals surface area contributed by atoms with E-state index in [1.54, 1.807) is 0 Å². The lowest BCUT2D eigenvalue weighted by Crippen LogP contribution is -2.36. The van der Waals surface area contributed by atoms with Gasteiger partial charge in [0.2, 0.25) is 0 Å². The Morgan fingerprint density at radius 1 is 1.37 bits per heavy atom. The number of aliphatic hydroxyl groups is 1. The smallest absolute Gasteiger partial charge is 0.0537 e. The Labute approximate surface area is 116 Å². The van der Waals surface area contributed by atoms with E-state index >= 15 is 0 Å². The van der Waals surface area contributed by atoms with Crippen LogP contribution in [0.15, 0.2) is 6.20 Å². The summed E-state index contributed by atoms with van der Waals surface area (Å²) in [6, 6.07) is 0. The van der Waals surface area contributed by atoms with Gasteiger partial charge in [0, 0.05) is 38.0 Å². The molecule has 0 bridgehead atoms. The van der Waals surface area contributed by atoms with E-state index in [1.807, 2.05) is 17.9 Å². The molecule has 0 amide bonds. The first-order chi connectivity index (χ1) is 9.17. The van der Waals surface area contributed by atoms with Crippen LogP contribution in [-0.4, -0.2) is 28.0 Å². The van der Waals surface area contributed by atoms with E-state index in [9.17, 15) is 5.11 Å². The summed E-state index contributed by atoms with van der Waals surface area (Å²) in [6.45, 7) is 4.32. The Kier molecular flexibility index (Phi) is 4.99. The van der Waals surface area contributed by atoms with Crippen LogP contribution in [0.1, 0.15) is 49.8 Å². The highest BCUT2D eigenvalue weighted by atomic mass is 16.3. The molecule has 19 heavy (non-hydrogen) atoms. The Morgan fingerprint density at radius 2 is 2.11 bits per heavy atom. The van der Waals surface area contributed by atoms with E-state index in [4.69, 9.17) is 0 Å². The van der Waals surface area contributed by atoms with Crippen molar-refractivity contribution in [1.82, 2.24) is 15.1 Å². The lowest BCUT2D eigenvalue weighted by atomic mass is 9.72. The molecule has 4 nitrogen and oxygen atoms in total. The number of nitrogens with zero attached hydrogens (tertiary/aromatic N) is 2. The molecule has 1 aromatic heterocycles. The maximum atomic E-state index is 9.31. The molecular weight excluding hydrogens is 238 g/mol. The first-order valence-electron chi connectivity index (χ1n) is 7.46. The van der Waals surface area contributed by atoms with Crippen molar-refractivity contribution in [1.29, 1.82) is 0 Å². The van der Waals surface area contributed by atoms with Gasteiger partial charge in [0.1, 0.15) is 0 Å². The summed E-state index contributed by atoms with van der Waals surface area (Å²) in [7, 11) is 1.98. The third-order valence-electron chi connectivity index (χ3n) is 4.71. The van der Waals surface area contributed by atoms with Crippen LogP contribution in [0, 0.1) is 12.3 Å². The van der Waals surface area contributed by atoms with Crippen molar-refractivity contribution in [2.75, 3.05) is 13.2 Å². The molecule has 108 valence electrons. The molecule has 0 aliphatic heterocycles. The molecule has 1 aromatic rings. The molecule has 2 rings (SSSR count). The van der Waals surface area contributed by atoms with Crippen molar-refractivity contribution in [3.05, 3.63) is 17.5 Å². The molecule has 1 aliphatic rings. The van der Waals surface area contributed by atoms with Gasteiger partial charge in [-0.3, -0.25) is 4.68 Å². The minimum atomic E-state index is 0.313. The van der Waals surface area contributed by atoms with E-state index in [-0.39, 0.29) is 0 Å². The number of aryl methyl sites for hydroxylation is 1. The minimum absolute atomic E-state index is 0.313. The highest BCUT2D eigenvalue weighted by Crippen LogP contribution is 2.38. The number of hydrogen-bond acceptors (Lipinski definition) is 3. The topological polar surface area (TPSA) is 50.1 Å². The van der Waals surface area contributed by atoms with Crippen LogP contribution >= 0.6 is 0 Å². The van der Waals surface area contributed by atoms with Crippen LogP contribution in [0.3, 0.4) is 0 Å². The summed E-state index contributed by atoms with van der Waals surface area (Å²) >= 11 is 0. The molecule has 0 spiro atoms. The third kappa shape index (κ3) is 3.57. The van der Waals surface area contributed by atoms with Gasteiger partial charge < -0.3 is 10.4 Å². The number of rotatable bonds is 6. The Morgan fingerprint density at radius 3 is 2.68 bits per heavy atom. The molecule has 0 unspecified atom stereocenters. The van der Waals surface area contributed by atoms with Gasteiger partial charge in [-0.1, -0.05) is 19.3 Å². The molecule has 1 fully saturated rings. The first kappa shape index (κ1) is 14.5. The summed E-state index contributed by atoms with van der Waals surface area (Å²) in [5, 5.41) is 17.2. The third-order valence-corrected chi connectivity index (χ3v) is 4.71. The van der Waals surface area contributed by atoms with E-state index in [1.165, 1.54) is 43.4 Å². The van der Waals surface area contributed by atoms with E-state index in [0.717, 1.165) is 19.5 Å². The van der Waals surface area contributed by atoms with Crippen molar-refractivity contribution in [3.8, 4) is 0 Å². The maximum absolute atomic E-state index is 9.31. The van der Waals surface area contributed by atoms with Crippen LogP contribution in [0.2, 0.25) is 0 Å². The van der Waals surface area contributed by atoms with Gasteiger partial charge in [-0.25, -0.2) is 0 Å². The summed E-state index contributed by atoms with van der Waals surface area (Å²) in [5.41, 5.74) is 2.83. The molecule has 1 heterocycles. The second-order valence-electron chi connectivity index (χ2n) is 6.02. The van der Waals surface area contributed by atoms with Crippen molar-refractivity contribution in [2.24, 2.45) is 12.5 Å². The lowest BCUT2D eigenvalue weighted by molar-refractivity contribution is 0.126. The van der Waals surface area contributed by atoms with Crippen LogP contribution in [0.25, 0.3) is 0 Å². The Bertz CT molecular complexity index is 389. The number of hydrogen-bond donors (Lipinski definition) is 2. The van der Waals surface area contributed by atoms with Crippen molar-refractivity contribution in [3.63, 3.8) is 0 Å². The minimum Gasteiger partial charge on any atom is -0.396 e. The Balaban J connectivity index is 1.87. The van der Waals surface area contributed by atoms with Gasteiger partial charge in [0.15, 0.2) is 0 Å². The summed E-state index contributed by atoms with van der Waals surface area (Å²) in [5.74, 6) is 0. The highest BCUT2D eigenvalue weighted by molar-refractivity contribution is 5.15. The molecule has 0 saturated heterocycles. The van der Waals surface area contributed by atoms with Crippen LogP contribution in [-0.2, 0) is 13.6 Å². The average molecular weight is 265 g/mol. The van der Waals surface area contributed by atoms with Gasteiger partial charge in [-0.05, 0) is 31.6 Å². The van der Waals surface area contributed by atoms with Gasteiger partial charge in [-0.15, -0.1) is 0 Å². The maximum Gasteiger partial charge on any atom is 0.0537 e. The zero-order chi connectivity index (χ0) is 13.7. The Hall–Kier alpha value is -0.870. The molecule has 0 radical (unpaired) electrons. The summed E-state index contributed by atoms with van der Waals surface area (Å²) < 4.78 is 1.92. The van der Waals surface area contributed by atoms with Gasteiger partial charge in [-0.2, -0.15) is 5.10 Å². The first-order valence-corrected chi connectivity index (χ1v) is 7.46. The number of aromatic nitrogens is 2. The monoisotopic (exact) mass is 265 g/mol. The fraction of sp³-hybridized carbons (Fsp3) is 0.800. The van der Waals surface area contributed by atoms with Gasteiger partial charge >= 0.3 is 0 Å². The fourth-order valence-electron chi connectivity index (χ4n) is 3.23. The van der Waals surface area contributed by atoms with Crippen LogP contribution in [0.4, 0.5) is 0 Å². The average Bonchev–Trinajstić information content (AvgIpc) is 2.72. The quantitative estimate of drug-likeness (QED) is 0.828. The standard InChI is InChI=1S/C15H27N3O/c1-13-14(11-17-18(13)2)10-16-12-15(8-9-19)6-4-3-5-7-15/h11,16,19H,3-10,12H2,1-2H3. The zero-order valence-corrected chi connectivity index (χ0v) is 12.3. The van der Waals surface area contributed by atoms with Gasteiger partial charge in [0.25, 0.3) is 0 Å². The van der Waals surface area contributed by atoms with Crippen molar-refractivity contribution in [2.45, 2.75) is 52.0 Å². The second-order valence-corrected chi connectivity index (χ2v) is 6.02.